The highest BCUT2D eigenvalue weighted by Gasteiger charge is 2.21. The quantitative estimate of drug-likeness (QED) is 0.675. The molecule has 2 nitrogen and oxygen atoms in total. The van der Waals surface area contributed by atoms with Crippen LogP contribution >= 0.6 is 0 Å². The van der Waals surface area contributed by atoms with Crippen LogP contribution < -0.4 is 0 Å². The van der Waals surface area contributed by atoms with Crippen LogP contribution in [0.2, 0.25) is 0 Å². The predicted molar refractivity (Wildman–Crippen MR) is 58.8 cm³/mol. The van der Waals surface area contributed by atoms with Gasteiger partial charge in [0.05, 0.1) is 12.1 Å². The highest BCUT2D eigenvalue weighted by atomic mass is 15.1. The molecule has 2 atom stereocenters. The molecular weight excluding hydrogens is 172 g/mol. The Morgan fingerprint density at radius 2 is 1.93 bits per heavy atom. The topological polar surface area (TPSA) is 27.0 Å². The fourth-order valence-electron chi connectivity index (χ4n) is 2.28. The molecule has 0 aromatic rings. The first-order valence-electron chi connectivity index (χ1n) is 5.78. The van der Waals surface area contributed by atoms with Crippen LogP contribution in [-0.2, 0) is 0 Å². The first kappa shape index (κ1) is 11.5. The second kappa shape index (κ2) is 5.36. The van der Waals surface area contributed by atoms with Gasteiger partial charge in [-0.2, -0.15) is 5.26 Å². The minimum absolute atomic E-state index is 0.0981. The summed E-state index contributed by atoms with van der Waals surface area (Å²) < 4.78 is 0. The number of hydrogen-bond donors (Lipinski definition) is 0. The van der Waals surface area contributed by atoms with E-state index in [9.17, 15) is 0 Å². The van der Waals surface area contributed by atoms with Gasteiger partial charge in [-0.25, -0.2) is 0 Å². The monoisotopic (exact) mass is 194 g/mol. The molecule has 1 heterocycles. The molecule has 0 saturated carbocycles. The second-order valence-electron chi connectivity index (χ2n) is 4.78. The Morgan fingerprint density at radius 3 is 2.50 bits per heavy atom. The molecule has 0 aromatic carbocycles. The Bertz CT molecular complexity index is 205. The molecule has 1 saturated heterocycles. The average Bonchev–Trinajstić information content (AvgIpc) is 2.41. The third-order valence-electron chi connectivity index (χ3n) is 3.48. The summed E-state index contributed by atoms with van der Waals surface area (Å²) in [4.78, 5) is 2.32. The largest absolute Gasteiger partial charge is 0.288 e. The van der Waals surface area contributed by atoms with Gasteiger partial charge >= 0.3 is 0 Å². The van der Waals surface area contributed by atoms with E-state index >= 15 is 0 Å². The van der Waals surface area contributed by atoms with E-state index in [0.29, 0.717) is 0 Å². The van der Waals surface area contributed by atoms with Gasteiger partial charge in [-0.1, -0.05) is 13.8 Å². The van der Waals surface area contributed by atoms with Gasteiger partial charge in [0, 0.05) is 0 Å². The average molecular weight is 194 g/mol. The Balaban J connectivity index is 2.45. The van der Waals surface area contributed by atoms with Crippen molar-refractivity contribution in [2.24, 2.45) is 11.8 Å². The molecule has 2 unspecified atom stereocenters. The summed E-state index contributed by atoms with van der Waals surface area (Å²) in [5.41, 5.74) is 0. The van der Waals surface area contributed by atoms with Gasteiger partial charge in [0.2, 0.25) is 0 Å². The number of likely N-dealkylation sites (tertiary alicyclic amines) is 1. The van der Waals surface area contributed by atoms with E-state index in [1.165, 1.54) is 19.3 Å². The lowest BCUT2D eigenvalue weighted by Crippen LogP contribution is -2.32. The number of nitriles is 1. The molecule has 1 fully saturated rings. The Labute approximate surface area is 87.9 Å². The SMILES string of the molecule is CC(C)C1CCCN(C(C)C#N)CC1. The number of rotatable bonds is 2. The van der Waals surface area contributed by atoms with E-state index in [1.807, 2.05) is 6.92 Å². The van der Waals surface area contributed by atoms with Crippen LogP contribution in [0, 0.1) is 23.2 Å². The summed E-state index contributed by atoms with van der Waals surface area (Å²) in [5.74, 6) is 1.67. The van der Waals surface area contributed by atoms with Gasteiger partial charge in [0.15, 0.2) is 0 Å². The molecule has 0 N–H and O–H groups in total. The highest BCUT2D eigenvalue weighted by Crippen LogP contribution is 2.25. The standard InChI is InChI=1S/C12H22N2/c1-10(2)12-5-4-7-14(8-6-12)11(3)9-13/h10-12H,4-8H2,1-3H3. The maximum absolute atomic E-state index is 8.86. The zero-order valence-corrected chi connectivity index (χ0v) is 9.66. The Hall–Kier alpha value is -0.550. The Morgan fingerprint density at radius 1 is 1.21 bits per heavy atom. The molecule has 0 aliphatic carbocycles. The smallest absolute Gasteiger partial charge is 0.0949 e. The van der Waals surface area contributed by atoms with E-state index in [1.54, 1.807) is 0 Å². The summed E-state index contributed by atoms with van der Waals surface area (Å²) in [6.45, 7) is 8.85. The normalized spacial score (nSPS) is 26.9. The van der Waals surface area contributed by atoms with Crippen LogP contribution in [-0.4, -0.2) is 24.0 Å². The van der Waals surface area contributed by atoms with Crippen LogP contribution in [0.5, 0.6) is 0 Å². The molecule has 1 aliphatic heterocycles. The van der Waals surface area contributed by atoms with Crippen LogP contribution in [0.15, 0.2) is 0 Å². The van der Waals surface area contributed by atoms with Crippen LogP contribution in [0.4, 0.5) is 0 Å². The maximum Gasteiger partial charge on any atom is 0.0949 e. The zero-order chi connectivity index (χ0) is 10.6. The summed E-state index contributed by atoms with van der Waals surface area (Å²) in [6.07, 6.45) is 3.87. The van der Waals surface area contributed by atoms with Gasteiger partial charge in [-0.15, -0.1) is 0 Å². The molecule has 0 bridgehead atoms. The molecule has 1 aliphatic rings. The van der Waals surface area contributed by atoms with E-state index in [2.05, 4.69) is 24.8 Å². The first-order valence-corrected chi connectivity index (χ1v) is 5.78. The molecule has 0 spiro atoms. The number of nitrogens with zero attached hydrogens (tertiary/aromatic N) is 2. The van der Waals surface area contributed by atoms with Crippen molar-refractivity contribution in [1.29, 1.82) is 5.26 Å². The maximum atomic E-state index is 8.86. The lowest BCUT2D eigenvalue weighted by Gasteiger charge is -2.22. The van der Waals surface area contributed by atoms with Gasteiger partial charge < -0.3 is 0 Å². The van der Waals surface area contributed by atoms with Crippen molar-refractivity contribution in [1.82, 2.24) is 4.90 Å². The third kappa shape index (κ3) is 2.99. The van der Waals surface area contributed by atoms with E-state index in [-0.39, 0.29) is 6.04 Å². The van der Waals surface area contributed by atoms with Crippen molar-refractivity contribution in [2.45, 2.75) is 46.1 Å². The van der Waals surface area contributed by atoms with E-state index in [4.69, 9.17) is 5.26 Å². The molecule has 0 aromatic heterocycles. The van der Waals surface area contributed by atoms with Crippen molar-refractivity contribution < 1.29 is 0 Å². The third-order valence-corrected chi connectivity index (χ3v) is 3.48. The predicted octanol–water partition coefficient (Wildman–Crippen LogP) is 2.66. The molecule has 0 radical (unpaired) electrons. The first-order chi connectivity index (χ1) is 6.65. The fraction of sp³-hybridized carbons (Fsp3) is 0.917. The highest BCUT2D eigenvalue weighted by molar-refractivity contribution is 4.89. The van der Waals surface area contributed by atoms with Crippen molar-refractivity contribution in [3.05, 3.63) is 0 Å². The van der Waals surface area contributed by atoms with Gasteiger partial charge in [-0.05, 0) is 51.1 Å². The minimum atomic E-state index is 0.0981. The molecular formula is C12H22N2. The number of hydrogen-bond acceptors (Lipinski definition) is 2. The molecule has 1 rings (SSSR count). The lowest BCUT2D eigenvalue weighted by molar-refractivity contribution is 0.246. The summed E-state index contributed by atoms with van der Waals surface area (Å²) >= 11 is 0. The van der Waals surface area contributed by atoms with Gasteiger partial charge in [0.25, 0.3) is 0 Å². The second-order valence-corrected chi connectivity index (χ2v) is 4.78. The lowest BCUT2D eigenvalue weighted by atomic mass is 9.89. The summed E-state index contributed by atoms with van der Waals surface area (Å²) in [6, 6.07) is 2.43. The van der Waals surface area contributed by atoms with Crippen LogP contribution in [0.1, 0.15) is 40.0 Å². The Kier molecular flexibility index (Phi) is 4.41. The van der Waals surface area contributed by atoms with Crippen LogP contribution in [0.3, 0.4) is 0 Å². The summed E-state index contributed by atoms with van der Waals surface area (Å²) in [5, 5.41) is 8.86. The minimum Gasteiger partial charge on any atom is -0.288 e. The molecule has 2 heteroatoms. The zero-order valence-electron chi connectivity index (χ0n) is 9.66. The molecule has 0 amide bonds. The van der Waals surface area contributed by atoms with E-state index in [0.717, 1.165) is 24.9 Å². The molecule has 80 valence electrons. The summed E-state index contributed by atoms with van der Waals surface area (Å²) in [7, 11) is 0. The van der Waals surface area contributed by atoms with Crippen molar-refractivity contribution >= 4 is 0 Å². The van der Waals surface area contributed by atoms with E-state index < -0.39 is 0 Å². The van der Waals surface area contributed by atoms with Crippen molar-refractivity contribution in [3.8, 4) is 6.07 Å². The van der Waals surface area contributed by atoms with Crippen molar-refractivity contribution in [2.75, 3.05) is 13.1 Å². The van der Waals surface area contributed by atoms with Gasteiger partial charge in [-0.3, -0.25) is 4.90 Å². The van der Waals surface area contributed by atoms with Gasteiger partial charge in [0.1, 0.15) is 0 Å². The van der Waals surface area contributed by atoms with Crippen LogP contribution in [0.25, 0.3) is 0 Å². The van der Waals surface area contributed by atoms with Crippen molar-refractivity contribution in [3.63, 3.8) is 0 Å². The fourth-order valence-corrected chi connectivity index (χ4v) is 2.28. The molecule has 14 heavy (non-hydrogen) atoms.